The van der Waals surface area contributed by atoms with Gasteiger partial charge < -0.3 is 9.47 Å². The lowest BCUT2D eigenvalue weighted by molar-refractivity contribution is -0.121. The molecule has 0 aliphatic carbocycles. The summed E-state index contributed by atoms with van der Waals surface area (Å²) in [4.78, 5) is 8.19. The molecular weight excluding hydrogens is 180 g/mol. The minimum absolute atomic E-state index is 0.146. The van der Waals surface area contributed by atoms with Gasteiger partial charge >= 0.3 is 6.01 Å². The van der Waals surface area contributed by atoms with E-state index in [2.05, 4.69) is 16.9 Å². The second kappa shape index (κ2) is 3.53. The van der Waals surface area contributed by atoms with Gasteiger partial charge in [0.2, 0.25) is 0 Å². The molecule has 0 N–H and O–H groups in total. The number of ether oxygens (including phenoxy) is 2. The summed E-state index contributed by atoms with van der Waals surface area (Å²) < 4.78 is 10.6. The Balaban J connectivity index is 1.91. The van der Waals surface area contributed by atoms with Crippen LogP contribution in [0.25, 0.3) is 0 Å². The molecule has 2 heterocycles. The van der Waals surface area contributed by atoms with E-state index in [0.717, 1.165) is 18.9 Å². The van der Waals surface area contributed by atoms with Gasteiger partial charge in [0.1, 0.15) is 6.61 Å². The quantitative estimate of drug-likeness (QED) is 0.725. The van der Waals surface area contributed by atoms with Crippen molar-refractivity contribution >= 4 is 0 Å². The Morgan fingerprint density at radius 3 is 2.93 bits per heavy atom. The Kier molecular flexibility index (Phi) is 2.37. The molecule has 0 aromatic carbocycles. The third kappa shape index (κ3) is 2.01. The van der Waals surface area contributed by atoms with Crippen molar-refractivity contribution in [1.82, 2.24) is 9.97 Å². The maximum atomic E-state index is 5.49. The molecule has 0 atom stereocenters. The van der Waals surface area contributed by atoms with Gasteiger partial charge in [0.25, 0.3) is 0 Å². The van der Waals surface area contributed by atoms with E-state index in [-0.39, 0.29) is 5.41 Å². The predicted octanol–water partition coefficient (Wildman–Crippen LogP) is 1.20. The second-order valence-electron chi connectivity index (χ2n) is 4.07. The minimum atomic E-state index is 0.146. The van der Waals surface area contributed by atoms with Crippen molar-refractivity contribution in [3.8, 4) is 6.01 Å². The second-order valence-corrected chi connectivity index (χ2v) is 4.07. The number of hydrogen-bond donors (Lipinski definition) is 0. The van der Waals surface area contributed by atoms with Crippen molar-refractivity contribution in [3.05, 3.63) is 18.0 Å². The molecule has 0 amide bonds. The number of aromatic nitrogens is 2. The fourth-order valence-electron chi connectivity index (χ4n) is 1.27. The van der Waals surface area contributed by atoms with Crippen LogP contribution in [0.2, 0.25) is 0 Å². The zero-order chi connectivity index (χ0) is 10.0. The average Bonchev–Trinajstić information content (AvgIpc) is 2.12. The van der Waals surface area contributed by atoms with Crippen LogP contribution >= 0.6 is 0 Å². The van der Waals surface area contributed by atoms with Crippen molar-refractivity contribution < 1.29 is 9.47 Å². The zero-order valence-electron chi connectivity index (χ0n) is 8.49. The Morgan fingerprint density at radius 1 is 1.57 bits per heavy atom. The first-order chi connectivity index (χ1) is 6.68. The highest BCUT2D eigenvalue weighted by molar-refractivity contribution is 5.03. The van der Waals surface area contributed by atoms with E-state index >= 15 is 0 Å². The third-order valence-corrected chi connectivity index (χ3v) is 2.22. The largest absolute Gasteiger partial charge is 0.463 e. The molecule has 1 aromatic rings. The standard InChI is InChI=1S/C10H14N2O2/c1-8-3-4-11-9(12-8)14-7-10(2)5-13-6-10/h3-4H,5-7H2,1-2H3. The third-order valence-electron chi connectivity index (χ3n) is 2.22. The highest BCUT2D eigenvalue weighted by atomic mass is 16.5. The van der Waals surface area contributed by atoms with Gasteiger partial charge in [0, 0.05) is 17.3 Å². The Bertz CT molecular complexity index is 324. The first kappa shape index (κ1) is 9.40. The number of rotatable bonds is 3. The van der Waals surface area contributed by atoms with E-state index in [4.69, 9.17) is 9.47 Å². The summed E-state index contributed by atoms with van der Waals surface area (Å²) in [6.07, 6.45) is 1.71. The summed E-state index contributed by atoms with van der Waals surface area (Å²) in [5.74, 6) is 0. The summed E-state index contributed by atoms with van der Waals surface area (Å²) in [5, 5.41) is 0. The fourth-order valence-corrected chi connectivity index (χ4v) is 1.27. The zero-order valence-corrected chi connectivity index (χ0v) is 8.49. The Morgan fingerprint density at radius 2 is 2.36 bits per heavy atom. The fraction of sp³-hybridized carbons (Fsp3) is 0.600. The molecule has 14 heavy (non-hydrogen) atoms. The maximum absolute atomic E-state index is 5.49. The van der Waals surface area contributed by atoms with Crippen molar-refractivity contribution in [2.75, 3.05) is 19.8 Å². The lowest BCUT2D eigenvalue weighted by Crippen LogP contribution is -2.44. The first-order valence-electron chi connectivity index (χ1n) is 4.68. The lowest BCUT2D eigenvalue weighted by Gasteiger charge is -2.37. The van der Waals surface area contributed by atoms with Gasteiger partial charge in [-0.15, -0.1) is 0 Å². The minimum Gasteiger partial charge on any atom is -0.463 e. The molecule has 0 unspecified atom stereocenters. The molecule has 1 aliphatic rings. The van der Waals surface area contributed by atoms with Crippen molar-refractivity contribution in [3.63, 3.8) is 0 Å². The van der Waals surface area contributed by atoms with E-state index in [0.29, 0.717) is 12.6 Å². The molecule has 4 nitrogen and oxygen atoms in total. The average molecular weight is 194 g/mol. The van der Waals surface area contributed by atoms with E-state index in [1.165, 1.54) is 0 Å². The Hall–Kier alpha value is -1.16. The molecule has 1 aliphatic heterocycles. The smallest absolute Gasteiger partial charge is 0.316 e. The van der Waals surface area contributed by atoms with Gasteiger partial charge in [-0.25, -0.2) is 9.97 Å². The topological polar surface area (TPSA) is 44.2 Å². The summed E-state index contributed by atoms with van der Waals surface area (Å²) >= 11 is 0. The summed E-state index contributed by atoms with van der Waals surface area (Å²) in [5.41, 5.74) is 1.07. The van der Waals surface area contributed by atoms with Crippen LogP contribution in [0.1, 0.15) is 12.6 Å². The van der Waals surface area contributed by atoms with Gasteiger partial charge in [0.05, 0.1) is 13.2 Å². The van der Waals surface area contributed by atoms with E-state index in [1.54, 1.807) is 6.20 Å². The van der Waals surface area contributed by atoms with Crippen LogP contribution in [0.15, 0.2) is 12.3 Å². The molecule has 0 saturated carbocycles. The molecule has 1 aromatic heterocycles. The van der Waals surface area contributed by atoms with Gasteiger partial charge in [-0.2, -0.15) is 0 Å². The van der Waals surface area contributed by atoms with Crippen LogP contribution < -0.4 is 4.74 Å². The molecule has 0 bridgehead atoms. The summed E-state index contributed by atoms with van der Waals surface area (Å²) in [6, 6.07) is 2.30. The van der Waals surface area contributed by atoms with Crippen LogP contribution in [0.3, 0.4) is 0 Å². The maximum Gasteiger partial charge on any atom is 0.316 e. The van der Waals surface area contributed by atoms with Crippen LogP contribution in [0.5, 0.6) is 6.01 Å². The highest BCUT2D eigenvalue weighted by Crippen LogP contribution is 2.26. The van der Waals surface area contributed by atoms with E-state index < -0.39 is 0 Å². The van der Waals surface area contributed by atoms with Crippen LogP contribution in [0, 0.1) is 12.3 Å². The predicted molar refractivity (Wildman–Crippen MR) is 51.2 cm³/mol. The lowest BCUT2D eigenvalue weighted by atomic mass is 9.90. The molecule has 76 valence electrons. The normalized spacial score (nSPS) is 18.7. The molecular formula is C10H14N2O2. The first-order valence-corrected chi connectivity index (χ1v) is 4.68. The van der Waals surface area contributed by atoms with E-state index in [1.807, 2.05) is 13.0 Å². The molecule has 0 spiro atoms. The van der Waals surface area contributed by atoms with Crippen LogP contribution in [-0.4, -0.2) is 29.8 Å². The number of hydrogen-bond acceptors (Lipinski definition) is 4. The van der Waals surface area contributed by atoms with E-state index in [9.17, 15) is 0 Å². The highest BCUT2D eigenvalue weighted by Gasteiger charge is 2.34. The molecule has 0 radical (unpaired) electrons. The number of nitrogens with zero attached hydrogens (tertiary/aromatic N) is 2. The van der Waals surface area contributed by atoms with Crippen molar-refractivity contribution in [2.45, 2.75) is 13.8 Å². The summed E-state index contributed by atoms with van der Waals surface area (Å²) in [7, 11) is 0. The summed E-state index contributed by atoms with van der Waals surface area (Å²) in [6.45, 7) is 6.20. The SMILES string of the molecule is Cc1ccnc(OCC2(C)COC2)n1. The van der Waals surface area contributed by atoms with Gasteiger partial charge in [0.15, 0.2) is 0 Å². The van der Waals surface area contributed by atoms with Crippen LogP contribution in [-0.2, 0) is 4.74 Å². The monoisotopic (exact) mass is 194 g/mol. The van der Waals surface area contributed by atoms with Gasteiger partial charge in [-0.05, 0) is 13.0 Å². The van der Waals surface area contributed by atoms with Crippen molar-refractivity contribution in [1.29, 1.82) is 0 Å². The van der Waals surface area contributed by atoms with Crippen molar-refractivity contribution in [2.24, 2.45) is 5.41 Å². The molecule has 1 fully saturated rings. The van der Waals surface area contributed by atoms with Gasteiger partial charge in [-0.1, -0.05) is 6.92 Å². The Labute approximate surface area is 83.3 Å². The molecule has 4 heteroatoms. The van der Waals surface area contributed by atoms with Crippen LogP contribution in [0.4, 0.5) is 0 Å². The van der Waals surface area contributed by atoms with Gasteiger partial charge in [-0.3, -0.25) is 0 Å². The molecule has 1 saturated heterocycles. The molecule has 2 rings (SSSR count). The number of aryl methyl sites for hydroxylation is 1.